The molecule has 6 aliphatic carbocycles. The van der Waals surface area contributed by atoms with Gasteiger partial charge >= 0.3 is 0 Å². The summed E-state index contributed by atoms with van der Waals surface area (Å²) in [5.41, 5.74) is 2.02. The Balaban J connectivity index is 0.853. The van der Waals surface area contributed by atoms with Crippen molar-refractivity contribution in [2.24, 2.45) is 33.7 Å². The van der Waals surface area contributed by atoms with Gasteiger partial charge in [-0.05, 0) is 127 Å². The van der Waals surface area contributed by atoms with Crippen molar-refractivity contribution >= 4 is 52.9 Å². The number of aliphatic hydroxyl groups is 1. The number of carbonyl (C=O) groups excluding carboxylic acids is 9. The van der Waals surface area contributed by atoms with Gasteiger partial charge in [0.15, 0.2) is 29.1 Å². The lowest BCUT2D eigenvalue weighted by Crippen LogP contribution is -2.71. The van der Waals surface area contributed by atoms with Crippen molar-refractivity contribution in [1.29, 1.82) is 5.53 Å². The summed E-state index contributed by atoms with van der Waals surface area (Å²) in [4.78, 5) is 121. The minimum absolute atomic E-state index is 0.0259. The van der Waals surface area contributed by atoms with Gasteiger partial charge in [0.2, 0.25) is 41.4 Å². The molecule has 1 heterocycles. The number of likely N-dealkylation sites (N-methyl/N-ethyl adjacent to an activating group) is 1. The van der Waals surface area contributed by atoms with E-state index in [9.17, 15) is 43.5 Å². The zero-order valence-electron chi connectivity index (χ0n) is 72.9. The zero-order chi connectivity index (χ0) is 87.9. The summed E-state index contributed by atoms with van der Waals surface area (Å²) in [5, 5.41) is 38.7. The topological polar surface area (TPSA) is 417 Å². The number of nitrogens with one attached hydrogen (secondary N) is 9. The van der Waals surface area contributed by atoms with Crippen molar-refractivity contribution in [3.63, 3.8) is 0 Å². The van der Waals surface area contributed by atoms with Crippen molar-refractivity contribution in [2.45, 2.75) is 236 Å². The lowest BCUT2D eigenvalue weighted by atomic mass is 9.44. The van der Waals surface area contributed by atoms with Gasteiger partial charge < -0.3 is 109 Å². The van der Waals surface area contributed by atoms with Gasteiger partial charge in [0.25, 0.3) is 0 Å². The first-order chi connectivity index (χ1) is 58.0. The van der Waals surface area contributed by atoms with Gasteiger partial charge in [-0.3, -0.25) is 43.2 Å². The van der Waals surface area contributed by atoms with Crippen LogP contribution < -0.4 is 42.5 Å². The molecule has 3 saturated carbocycles. The third kappa shape index (κ3) is 31.0. The van der Waals surface area contributed by atoms with Crippen LogP contribution in [0.3, 0.4) is 0 Å². The number of fused-ring (bicyclic) bond motifs is 7. The first-order valence-electron chi connectivity index (χ1n) is 43.8. The fourth-order valence-electron chi connectivity index (χ4n) is 17.0. The van der Waals surface area contributed by atoms with Crippen LogP contribution in [0.5, 0.6) is 0 Å². The standard InChI is InChI=1S/C86H139F2N11O22/c1-10-21-77-120-72-54-63-64-53-66(87)65-52-61(100)27-30-83(65,5)85(64,88)70(101)55-84(63,6)86(72,121-77)71(102)56-94-80(107)60(4)95-82(109)78(59(2)3)97-81(108)68(96-74(104)29-37-111-41-45-115-49-51-117-47-43-113-39-34-93-75(105)57-118-62-22-15-12-11-13-16-23-62)25-19-20-31-91-76(106)58-119-69-26-18-14-17-24-67(79(69)98-89)90-33-38-112-42-46-116-50-48-114-44-40-110-36-28-73(103)92-32-35-99(7,8)9/h27,30,52,59-60,62-64,66,68-70,72,77-78,101H,10-15,17-22,24-26,28-29,31-51,53-58H2,1-9H3,(H8-,89,90,91,92,93,94,95,96,97,103,104,105,106,107,108,109)/p+1/t60-,62?,63-,64-,66-,68+,69?,70-,72+,77?,78-,83-,84-,85-,86+/m0/s1. The van der Waals surface area contributed by atoms with Gasteiger partial charge in [-0.25, -0.2) is 14.3 Å². The predicted octanol–water partition coefficient (Wildman–Crippen LogP) is 4.68. The first kappa shape index (κ1) is 101. The highest BCUT2D eigenvalue weighted by Crippen LogP contribution is 2.72. The number of ketones is 2. The molecule has 0 radical (unpaired) electrons. The molecule has 7 amide bonds. The van der Waals surface area contributed by atoms with Crippen molar-refractivity contribution < 1.29 is 118 Å². The van der Waals surface area contributed by atoms with E-state index in [0.29, 0.717) is 143 Å². The number of ether oxygens (including phenoxy) is 12. The molecule has 0 bridgehead atoms. The zero-order valence-corrected chi connectivity index (χ0v) is 72.9. The number of hydrogen-bond donors (Lipinski definition) is 10. The van der Waals surface area contributed by atoms with E-state index in [1.165, 1.54) is 26.0 Å². The lowest BCUT2D eigenvalue weighted by Gasteiger charge is -2.63. The third-order valence-electron chi connectivity index (χ3n) is 23.6. The summed E-state index contributed by atoms with van der Waals surface area (Å²) in [6.45, 7) is 16.0. The summed E-state index contributed by atoms with van der Waals surface area (Å²) < 4.78 is 105. The fourth-order valence-corrected chi connectivity index (χ4v) is 17.0. The molecule has 0 aromatic heterocycles. The van der Waals surface area contributed by atoms with Crippen molar-refractivity contribution in [3.05, 3.63) is 35.2 Å². The minimum atomic E-state index is -2.43. The maximum atomic E-state index is 18.2. The molecule has 684 valence electrons. The smallest absolute Gasteiger partial charge is 0.246 e. The lowest BCUT2D eigenvalue weighted by molar-refractivity contribution is -0.869. The molecular weight excluding hydrogens is 1580 g/mol. The first-order valence-corrected chi connectivity index (χ1v) is 43.8. The molecule has 1 aliphatic heterocycles. The fraction of sp³-hybridized carbons (Fsp3) is 0.802. The minimum Gasteiger partial charge on any atom is -0.390 e. The van der Waals surface area contributed by atoms with E-state index < -0.39 is 136 Å². The van der Waals surface area contributed by atoms with Gasteiger partial charge in [0.05, 0.1) is 159 Å². The number of alkyl halides is 2. The van der Waals surface area contributed by atoms with Gasteiger partial charge in [-0.1, -0.05) is 65.4 Å². The van der Waals surface area contributed by atoms with E-state index in [-0.39, 0.29) is 108 Å². The monoisotopic (exact) mass is 1720 g/mol. The Morgan fingerprint density at radius 1 is 0.669 bits per heavy atom. The van der Waals surface area contributed by atoms with Crippen molar-refractivity contribution in [1.82, 2.24) is 42.5 Å². The predicted molar refractivity (Wildman–Crippen MR) is 441 cm³/mol. The number of amides is 7. The molecule has 0 spiro atoms. The maximum Gasteiger partial charge on any atom is 0.246 e. The van der Waals surface area contributed by atoms with Crippen LogP contribution in [0.4, 0.5) is 8.78 Å². The van der Waals surface area contributed by atoms with E-state index in [1.807, 2.05) is 6.92 Å². The molecule has 1 saturated heterocycles. The highest BCUT2D eigenvalue weighted by molar-refractivity contribution is 6.01. The summed E-state index contributed by atoms with van der Waals surface area (Å²) in [7, 11) is 6.21. The number of quaternary nitrogens is 1. The van der Waals surface area contributed by atoms with Gasteiger partial charge in [0, 0.05) is 61.3 Å². The number of aliphatic hydroxyl groups excluding tert-OH is 1. The normalized spacial score (nSPS) is 27.0. The Kier molecular flexibility index (Phi) is 43.6. The Hall–Kier alpha value is -6.89. The second-order valence-corrected chi connectivity index (χ2v) is 34.0. The number of halogens is 2. The number of carbonyl (C=O) groups is 9. The molecule has 121 heavy (non-hydrogen) atoms. The van der Waals surface area contributed by atoms with Crippen LogP contribution in [0.15, 0.2) is 40.3 Å². The summed E-state index contributed by atoms with van der Waals surface area (Å²) in [6.07, 6.45) is 7.55. The van der Waals surface area contributed by atoms with Crippen LogP contribution in [-0.4, -0.2) is 308 Å². The van der Waals surface area contributed by atoms with Gasteiger partial charge in [-0.2, -0.15) is 5.11 Å². The molecule has 15 atom stereocenters. The van der Waals surface area contributed by atoms with Crippen LogP contribution in [0.2, 0.25) is 0 Å². The highest BCUT2D eigenvalue weighted by atomic mass is 19.1. The van der Waals surface area contributed by atoms with Crippen molar-refractivity contribution in [3.8, 4) is 11.8 Å². The van der Waals surface area contributed by atoms with Crippen LogP contribution in [-0.2, 0) is 100.0 Å². The average Bonchev–Trinajstić information content (AvgIpc) is 1.54. The number of Topliss-reactive ketones (excluding diaryl/α,β-unsaturated/α-hetero) is 1. The van der Waals surface area contributed by atoms with Crippen LogP contribution in [0.1, 0.15) is 170 Å². The summed E-state index contributed by atoms with van der Waals surface area (Å²) in [5.74, 6) is -0.798. The number of nitrogens with zero attached hydrogens (tertiary/aromatic N) is 2. The van der Waals surface area contributed by atoms with Crippen LogP contribution >= 0.6 is 0 Å². The Morgan fingerprint density at radius 3 is 1.90 bits per heavy atom. The van der Waals surface area contributed by atoms with E-state index in [0.717, 1.165) is 74.2 Å². The van der Waals surface area contributed by atoms with E-state index in [2.05, 4.69) is 80.6 Å². The van der Waals surface area contributed by atoms with E-state index in [1.54, 1.807) is 20.8 Å². The van der Waals surface area contributed by atoms with Crippen molar-refractivity contribution in [2.75, 3.05) is 179 Å². The molecular formula is C86H140F2N11O22+. The Bertz CT molecular complexity index is 3490. The molecule has 10 N–H and O–H groups in total. The van der Waals surface area contributed by atoms with E-state index >= 15 is 13.6 Å². The van der Waals surface area contributed by atoms with Gasteiger partial charge in [0.1, 0.15) is 55.4 Å². The maximum absolute atomic E-state index is 18.2. The number of unbranched alkanes of at least 4 members (excludes halogenated alkanes) is 1. The summed E-state index contributed by atoms with van der Waals surface area (Å²) in [6, 6.07) is -3.72. The number of rotatable bonds is 58. The summed E-state index contributed by atoms with van der Waals surface area (Å²) >= 11 is 0. The van der Waals surface area contributed by atoms with Gasteiger partial charge in [-0.15, -0.1) is 5.92 Å². The molecule has 7 aliphatic rings. The van der Waals surface area contributed by atoms with E-state index in [4.69, 9.17) is 62.4 Å². The SMILES string of the molecule is CCCC1O[C@@H]2C[C@H]3[C@@H]4C[C@H](F)C5=CC(=O)C=C[C@]5(C)[C@@]4(F)[C@@H](O)C[C@]3(C)[C@]2(C(=O)CNC(=O)[C@H](C)NC(=O)[C@@H](NC(=O)[C@@H](CCCCNC(=O)COC2CCCCC/C(NCCOCCOCCOCCOCCC(=O)NCC[N+](C)(C)C)=C\2N=N)NC(=O)CCOCCOCCOCCOCCNC(=O)COC2C#CCCCCC2)C(C)C)O1. The molecule has 0 aromatic carbocycles. The second kappa shape index (κ2) is 52.1. The second-order valence-electron chi connectivity index (χ2n) is 34.0. The van der Waals surface area contributed by atoms with Crippen LogP contribution in [0, 0.1) is 46.0 Å². The molecule has 4 fully saturated rings. The Morgan fingerprint density at radius 2 is 1.26 bits per heavy atom. The third-order valence-corrected chi connectivity index (χ3v) is 23.6. The average molecular weight is 1720 g/mol. The number of allylic oxidation sites excluding steroid dienone is 5. The highest BCUT2D eigenvalue weighted by Gasteiger charge is 2.80. The number of hydrogen-bond acceptors (Lipinski definition) is 25. The molecule has 33 nitrogen and oxygen atoms in total. The molecule has 0 aromatic rings. The molecule has 7 rings (SSSR count). The Labute approximate surface area is 712 Å². The largest absolute Gasteiger partial charge is 0.390 e. The van der Waals surface area contributed by atoms with Crippen LogP contribution in [0.25, 0.3) is 0 Å². The molecule has 3 unspecified atom stereocenters. The quantitative estimate of drug-likeness (QED) is 0.0171. The molecule has 35 heteroatoms.